The first-order valence-corrected chi connectivity index (χ1v) is 3.33. The van der Waals surface area contributed by atoms with E-state index in [-0.39, 0.29) is 5.75 Å². The van der Waals surface area contributed by atoms with Crippen LogP contribution in [0.25, 0.3) is 0 Å². The molecule has 58 valence electrons. The lowest BCUT2D eigenvalue weighted by Gasteiger charge is -1.99. The van der Waals surface area contributed by atoms with Crippen molar-refractivity contribution in [2.45, 2.75) is 6.42 Å². The largest absolute Gasteiger partial charge is 0.505 e. The van der Waals surface area contributed by atoms with Gasteiger partial charge in [0.1, 0.15) is 0 Å². The van der Waals surface area contributed by atoms with Crippen LogP contribution in [0.4, 0.5) is 4.39 Å². The summed E-state index contributed by atoms with van der Waals surface area (Å²) in [7, 11) is 0. The fourth-order valence-corrected chi connectivity index (χ4v) is 0.879. The van der Waals surface area contributed by atoms with Gasteiger partial charge in [-0.15, -0.1) is 6.58 Å². The summed E-state index contributed by atoms with van der Waals surface area (Å²) < 4.78 is 12.9. The highest BCUT2D eigenvalue weighted by atomic mass is 19.1. The van der Waals surface area contributed by atoms with E-state index >= 15 is 0 Å². The molecule has 0 radical (unpaired) electrons. The second-order valence-corrected chi connectivity index (χ2v) is 2.24. The average Bonchev–Trinajstić information content (AvgIpc) is 1.99. The Labute approximate surface area is 64.8 Å². The van der Waals surface area contributed by atoms with Gasteiger partial charge in [-0.25, -0.2) is 4.39 Å². The fraction of sp³-hybridized carbons (Fsp3) is 0.111. The summed E-state index contributed by atoms with van der Waals surface area (Å²) in [6.45, 7) is 3.48. The van der Waals surface area contributed by atoms with Crippen LogP contribution in [0.3, 0.4) is 0 Å². The molecule has 0 spiro atoms. The molecule has 0 aliphatic heterocycles. The van der Waals surface area contributed by atoms with Crippen molar-refractivity contribution in [2.75, 3.05) is 0 Å². The Hall–Kier alpha value is -1.31. The van der Waals surface area contributed by atoms with E-state index in [4.69, 9.17) is 5.11 Å². The smallest absolute Gasteiger partial charge is 0.168 e. The van der Waals surface area contributed by atoms with Gasteiger partial charge in [0.25, 0.3) is 0 Å². The SMILES string of the molecule is C=CCc1cccc(O)c1F. The third-order valence-electron chi connectivity index (χ3n) is 1.42. The molecule has 0 amide bonds. The summed E-state index contributed by atoms with van der Waals surface area (Å²) >= 11 is 0. The van der Waals surface area contributed by atoms with E-state index in [1.165, 1.54) is 6.07 Å². The van der Waals surface area contributed by atoms with Crippen molar-refractivity contribution in [3.05, 3.63) is 42.2 Å². The number of rotatable bonds is 2. The lowest BCUT2D eigenvalue weighted by Crippen LogP contribution is -1.87. The summed E-state index contributed by atoms with van der Waals surface area (Å²) in [6, 6.07) is 4.55. The molecule has 0 aliphatic carbocycles. The third kappa shape index (κ3) is 1.58. The normalized spacial score (nSPS) is 9.55. The molecule has 0 atom stereocenters. The zero-order valence-corrected chi connectivity index (χ0v) is 6.05. The molecular weight excluding hydrogens is 143 g/mol. The molecule has 1 nitrogen and oxygen atoms in total. The summed E-state index contributed by atoms with van der Waals surface area (Å²) in [5.74, 6) is -0.850. The van der Waals surface area contributed by atoms with Gasteiger partial charge < -0.3 is 5.11 Å². The molecule has 2 heteroatoms. The van der Waals surface area contributed by atoms with Gasteiger partial charge in [-0.2, -0.15) is 0 Å². The number of benzene rings is 1. The van der Waals surface area contributed by atoms with Crippen molar-refractivity contribution in [1.82, 2.24) is 0 Å². The van der Waals surface area contributed by atoms with Crippen LogP contribution in [0, 0.1) is 5.82 Å². The summed E-state index contributed by atoms with van der Waals surface area (Å²) in [4.78, 5) is 0. The molecule has 0 saturated carbocycles. The summed E-state index contributed by atoms with van der Waals surface area (Å²) in [5, 5.41) is 8.92. The minimum atomic E-state index is -0.549. The molecule has 0 aliphatic rings. The third-order valence-corrected chi connectivity index (χ3v) is 1.42. The maximum Gasteiger partial charge on any atom is 0.168 e. The standard InChI is InChI=1S/C9H9FO/c1-2-4-7-5-3-6-8(11)9(7)10/h2-3,5-6,11H,1,4H2. The van der Waals surface area contributed by atoms with Crippen LogP contribution in [0.5, 0.6) is 5.75 Å². The van der Waals surface area contributed by atoms with Crippen LogP contribution in [0.2, 0.25) is 0 Å². The average molecular weight is 152 g/mol. The summed E-state index contributed by atoms with van der Waals surface area (Å²) in [6.07, 6.45) is 2.04. The molecular formula is C9H9FO. The number of halogens is 1. The van der Waals surface area contributed by atoms with Crippen LogP contribution in [-0.4, -0.2) is 5.11 Å². The Bertz CT molecular complexity index is 268. The first-order valence-electron chi connectivity index (χ1n) is 3.33. The van der Waals surface area contributed by atoms with E-state index in [0.717, 1.165) is 0 Å². The van der Waals surface area contributed by atoms with Crippen molar-refractivity contribution in [3.8, 4) is 5.75 Å². The van der Waals surface area contributed by atoms with Crippen molar-refractivity contribution in [1.29, 1.82) is 0 Å². The number of phenols is 1. The van der Waals surface area contributed by atoms with Crippen molar-refractivity contribution >= 4 is 0 Å². The van der Waals surface area contributed by atoms with E-state index in [0.29, 0.717) is 12.0 Å². The highest BCUT2D eigenvalue weighted by Gasteiger charge is 2.03. The van der Waals surface area contributed by atoms with Gasteiger partial charge in [-0.05, 0) is 18.1 Å². The van der Waals surface area contributed by atoms with Crippen LogP contribution in [0.15, 0.2) is 30.9 Å². The number of allylic oxidation sites excluding steroid dienone is 1. The second-order valence-electron chi connectivity index (χ2n) is 2.24. The Balaban J connectivity index is 3.05. The molecule has 1 aromatic carbocycles. The molecule has 0 bridgehead atoms. The monoisotopic (exact) mass is 152 g/mol. The lowest BCUT2D eigenvalue weighted by molar-refractivity contribution is 0.429. The van der Waals surface area contributed by atoms with Gasteiger partial charge in [0.05, 0.1) is 0 Å². The highest BCUT2D eigenvalue weighted by molar-refractivity contribution is 5.30. The Morgan fingerprint density at radius 1 is 1.55 bits per heavy atom. The van der Waals surface area contributed by atoms with Crippen molar-refractivity contribution in [3.63, 3.8) is 0 Å². The van der Waals surface area contributed by atoms with E-state index < -0.39 is 5.82 Å². The van der Waals surface area contributed by atoms with Crippen LogP contribution >= 0.6 is 0 Å². The van der Waals surface area contributed by atoms with Crippen LogP contribution in [0.1, 0.15) is 5.56 Å². The van der Waals surface area contributed by atoms with Crippen LogP contribution in [-0.2, 0) is 6.42 Å². The van der Waals surface area contributed by atoms with E-state index in [2.05, 4.69) is 6.58 Å². The zero-order chi connectivity index (χ0) is 8.27. The quantitative estimate of drug-likeness (QED) is 0.644. The molecule has 1 rings (SSSR count). The predicted molar refractivity (Wildman–Crippen MR) is 42.0 cm³/mol. The molecule has 1 aromatic rings. The number of aromatic hydroxyl groups is 1. The van der Waals surface area contributed by atoms with Gasteiger partial charge in [0.2, 0.25) is 0 Å². The molecule has 0 unspecified atom stereocenters. The minimum absolute atomic E-state index is 0.302. The number of phenolic OH excluding ortho intramolecular Hbond substituents is 1. The van der Waals surface area contributed by atoms with Crippen molar-refractivity contribution in [2.24, 2.45) is 0 Å². The zero-order valence-electron chi connectivity index (χ0n) is 6.05. The van der Waals surface area contributed by atoms with Gasteiger partial charge in [0.15, 0.2) is 11.6 Å². The Morgan fingerprint density at radius 2 is 2.27 bits per heavy atom. The van der Waals surface area contributed by atoms with Gasteiger partial charge >= 0.3 is 0 Å². The maximum absolute atomic E-state index is 12.9. The van der Waals surface area contributed by atoms with E-state index in [1.54, 1.807) is 18.2 Å². The van der Waals surface area contributed by atoms with Crippen molar-refractivity contribution < 1.29 is 9.50 Å². The predicted octanol–water partition coefficient (Wildman–Crippen LogP) is 2.26. The maximum atomic E-state index is 12.9. The number of hydrogen-bond donors (Lipinski definition) is 1. The van der Waals surface area contributed by atoms with E-state index in [1.807, 2.05) is 0 Å². The van der Waals surface area contributed by atoms with Gasteiger partial charge in [0, 0.05) is 0 Å². The first-order chi connectivity index (χ1) is 5.25. The molecule has 0 aromatic heterocycles. The van der Waals surface area contributed by atoms with Gasteiger partial charge in [-0.1, -0.05) is 18.2 Å². The molecule has 0 heterocycles. The first kappa shape index (κ1) is 7.79. The molecule has 0 fully saturated rings. The number of hydrogen-bond acceptors (Lipinski definition) is 1. The molecule has 11 heavy (non-hydrogen) atoms. The lowest BCUT2D eigenvalue weighted by atomic mass is 10.1. The second kappa shape index (κ2) is 3.19. The summed E-state index contributed by atoms with van der Waals surface area (Å²) in [5.41, 5.74) is 0.472. The topological polar surface area (TPSA) is 20.2 Å². The van der Waals surface area contributed by atoms with Crippen LogP contribution < -0.4 is 0 Å². The van der Waals surface area contributed by atoms with E-state index in [9.17, 15) is 4.39 Å². The fourth-order valence-electron chi connectivity index (χ4n) is 0.879. The Morgan fingerprint density at radius 3 is 2.91 bits per heavy atom. The highest BCUT2D eigenvalue weighted by Crippen LogP contribution is 2.18. The molecule has 0 saturated heterocycles. The Kier molecular flexibility index (Phi) is 2.26. The molecule has 1 N–H and O–H groups in total. The van der Waals surface area contributed by atoms with Gasteiger partial charge in [-0.3, -0.25) is 0 Å². The minimum Gasteiger partial charge on any atom is -0.505 e.